The van der Waals surface area contributed by atoms with Crippen molar-refractivity contribution in [2.45, 2.75) is 5.41 Å². The standard InChI is InChI=1S/C64H39N3O2/c1-4-17-40(18-5-1)61-65-62(44-34-36-56-51(39-44)48-25-11-13-31-55(48)68-56)67-63(66-61)50-28-16-32-58-60(50)52-38-42(33-35-57(52)69-58)41-19-14-20-43(37-41)47-27-15-30-54-59(47)49-26-10-12-29-53(49)64(54,45-21-6-2-7-22-45)46-23-8-3-9-24-46/h1-39H. The van der Waals surface area contributed by atoms with E-state index in [0.29, 0.717) is 17.5 Å². The van der Waals surface area contributed by atoms with Crippen molar-refractivity contribution in [3.8, 4) is 67.5 Å². The molecule has 0 fully saturated rings. The van der Waals surface area contributed by atoms with Crippen molar-refractivity contribution in [2.75, 3.05) is 0 Å². The second-order valence-electron chi connectivity index (χ2n) is 17.8. The van der Waals surface area contributed by atoms with Gasteiger partial charge in [0.25, 0.3) is 0 Å². The normalized spacial score (nSPS) is 12.8. The van der Waals surface area contributed by atoms with Crippen LogP contribution in [0.15, 0.2) is 245 Å². The van der Waals surface area contributed by atoms with Gasteiger partial charge in [-0.1, -0.05) is 188 Å². The van der Waals surface area contributed by atoms with E-state index >= 15 is 0 Å². The van der Waals surface area contributed by atoms with Crippen molar-refractivity contribution in [3.63, 3.8) is 0 Å². The number of para-hydroxylation sites is 1. The van der Waals surface area contributed by atoms with Gasteiger partial charge in [-0.05, 0) is 104 Å². The Labute approximate surface area is 397 Å². The zero-order valence-corrected chi connectivity index (χ0v) is 37.2. The first-order valence-electron chi connectivity index (χ1n) is 23.3. The number of aromatic nitrogens is 3. The van der Waals surface area contributed by atoms with Gasteiger partial charge in [0.05, 0.1) is 5.41 Å². The second kappa shape index (κ2) is 15.4. The molecule has 0 aliphatic heterocycles. The summed E-state index contributed by atoms with van der Waals surface area (Å²) in [6, 6.07) is 83.7. The Kier molecular flexibility index (Phi) is 8.73. The molecule has 1 aliphatic carbocycles. The third-order valence-electron chi connectivity index (χ3n) is 14.0. The topological polar surface area (TPSA) is 65.0 Å². The zero-order chi connectivity index (χ0) is 45.5. The summed E-state index contributed by atoms with van der Waals surface area (Å²) in [6.45, 7) is 0. The van der Waals surface area contributed by atoms with E-state index in [1.54, 1.807) is 0 Å². The van der Waals surface area contributed by atoms with Crippen LogP contribution in [0.5, 0.6) is 0 Å². The maximum atomic E-state index is 6.60. The van der Waals surface area contributed by atoms with Gasteiger partial charge in [-0.2, -0.15) is 0 Å². The molecule has 69 heavy (non-hydrogen) atoms. The maximum absolute atomic E-state index is 6.60. The van der Waals surface area contributed by atoms with E-state index in [1.807, 2.05) is 72.8 Å². The average Bonchev–Trinajstić information content (AvgIpc) is 4.09. The first-order valence-corrected chi connectivity index (χ1v) is 23.3. The van der Waals surface area contributed by atoms with Crippen LogP contribution in [0.3, 0.4) is 0 Å². The summed E-state index contributed by atoms with van der Waals surface area (Å²) < 4.78 is 12.8. The summed E-state index contributed by atoms with van der Waals surface area (Å²) in [5.41, 5.74) is 17.6. The van der Waals surface area contributed by atoms with Gasteiger partial charge in [-0.3, -0.25) is 0 Å². The smallest absolute Gasteiger partial charge is 0.164 e. The summed E-state index contributed by atoms with van der Waals surface area (Å²) >= 11 is 0. The third-order valence-corrected chi connectivity index (χ3v) is 14.0. The SMILES string of the molecule is c1ccc(-c2nc(-c3ccc4oc5ccccc5c4c3)nc(-c3cccc4oc5ccc(-c6cccc(-c7cccc8c7-c7ccccc7C8(c7ccccc7)c7ccccc7)c6)cc5c34)n2)cc1. The Morgan fingerprint density at radius 2 is 0.797 bits per heavy atom. The predicted molar refractivity (Wildman–Crippen MR) is 279 cm³/mol. The molecular weight excluding hydrogens is 843 g/mol. The summed E-state index contributed by atoms with van der Waals surface area (Å²) in [6.07, 6.45) is 0. The number of rotatable bonds is 7. The summed E-state index contributed by atoms with van der Waals surface area (Å²) in [7, 11) is 0. The molecule has 322 valence electrons. The van der Waals surface area contributed by atoms with Crippen molar-refractivity contribution in [1.82, 2.24) is 15.0 Å². The van der Waals surface area contributed by atoms with E-state index in [-0.39, 0.29) is 0 Å². The molecule has 3 heterocycles. The minimum Gasteiger partial charge on any atom is -0.456 e. The molecule has 0 saturated carbocycles. The van der Waals surface area contributed by atoms with Crippen molar-refractivity contribution in [1.29, 1.82) is 0 Å². The predicted octanol–water partition coefficient (Wildman–Crippen LogP) is 16.4. The zero-order valence-electron chi connectivity index (χ0n) is 37.2. The Balaban J connectivity index is 0.916. The molecule has 13 aromatic rings. The number of furan rings is 2. The van der Waals surface area contributed by atoms with E-state index in [4.69, 9.17) is 23.8 Å². The number of benzene rings is 10. The molecule has 5 heteroatoms. The number of hydrogen-bond donors (Lipinski definition) is 0. The van der Waals surface area contributed by atoms with Crippen LogP contribution in [0.25, 0.3) is 111 Å². The molecule has 0 spiro atoms. The molecule has 0 N–H and O–H groups in total. The quantitative estimate of drug-likeness (QED) is 0.160. The van der Waals surface area contributed by atoms with Crippen molar-refractivity contribution in [2.24, 2.45) is 0 Å². The van der Waals surface area contributed by atoms with Gasteiger partial charge in [0, 0.05) is 38.2 Å². The fourth-order valence-corrected chi connectivity index (χ4v) is 11.0. The van der Waals surface area contributed by atoms with Crippen molar-refractivity contribution >= 4 is 43.9 Å². The number of hydrogen-bond acceptors (Lipinski definition) is 5. The fourth-order valence-electron chi connectivity index (χ4n) is 11.0. The lowest BCUT2D eigenvalue weighted by Crippen LogP contribution is -2.28. The van der Waals surface area contributed by atoms with Crippen LogP contribution in [0.2, 0.25) is 0 Å². The highest BCUT2D eigenvalue weighted by Gasteiger charge is 2.46. The van der Waals surface area contributed by atoms with Crippen molar-refractivity contribution in [3.05, 3.63) is 259 Å². The van der Waals surface area contributed by atoms with Gasteiger partial charge in [-0.15, -0.1) is 0 Å². The maximum Gasteiger partial charge on any atom is 0.164 e. The van der Waals surface area contributed by atoms with Gasteiger partial charge in [0.2, 0.25) is 0 Å². The minimum atomic E-state index is -0.476. The Morgan fingerprint density at radius 3 is 1.61 bits per heavy atom. The molecule has 0 unspecified atom stereocenters. The van der Waals surface area contributed by atoms with Crippen LogP contribution in [0, 0.1) is 0 Å². The van der Waals surface area contributed by atoms with E-state index in [2.05, 4.69) is 164 Å². The number of fused-ring (bicyclic) bond motifs is 9. The highest BCUT2D eigenvalue weighted by atomic mass is 16.3. The number of nitrogens with zero attached hydrogens (tertiary/aromatic N) is 3. The molecule has 0 atom stereocenters. The molecule has 14 rings (SSSR count). The van der Waals surface area contributed by atoms with E-state index in [9.17, 15) is 0 Å². The minimum absolute atomic E-state index is 0.476. The fraction of sp³-hybridized carbons (Fsp3) is 0.0156. The van der Waals surface area contributed by atoms with Gasteiger partial charge in [0.1, 0.15) is 22.3 Å². The molecule has 0 amide bonds. The Morgan fingerprint density at radius 1 is 0.290 bits per heavy atom. The molecule has 10 aromatic carbocycles. The molecule has 5 nitrogen and oxygen atoms in total. The van der Waals surface area contributed by atoms with Gasteiger partial charge in [0.15, 0.2) is 17.5 Å². The highest BCUT2D eigenvalue weighted by Crippen LogP contribution is 2.58. The van der Waals surface area contributed by atoms with Crippen molar-refractivity contribution < 1.29 is 8.83 Å². The van der Waals surface area contributed by atoms with Crippen LogP contribution in [-0.2, 0) is 5.41 Å². The highest BCUT2D eigenvalue weighted by molar-refractivity contribution is 6.13. The lowest BCUT2D eigenvalue weighted by molar-refractivity contribution is 0.668. The summed E-state index contributed by atoms with van der Waals surface area (Å²) in [4.78, 5) is 15.5. The van der Waals surface area contributed by atoms with Crippen LogP contribution < -0.4 is 0 Å². The van der Waals surface area contributed by atoms with E-state index < -0.39 is 5.41 Å². The van der Waals surface area contributed by atoms with Crippen LogP contribution in [-0.4, -0.2) is 15.0 Å². The molecule has 0 bridgehead atoms. The van der Waals surface area contributed by atoms with Gasteiger partial charge in [-0.25, -0.2) is 15.0 Å². The molecule has 1 aliphatic rings. The Bertz CT molecular complexity index is 4100. The molecular formula is C64H39N3O2. The monoisotopic (exact) mass is 881 g/mol. The van der Waals surface area contributed by atoms with Crippen LogP contribution in [0.1, 0.15) is 22.3 Å². The third kappa shape index (κ3) is 6.07. The molecule has 0 radical (unpaired) electrons. The lowest BCUT2D eigenvalue weighted by atomic mass is 9.67. The van der Waals surface area contributed by atoms with Gasteiger partial charge < -0.3 is 8.83 Å². The molecule has 3 aromatic heterocycles. The lowest BCUT2D eigenvalue weighted by Gasteiger charge is -2.34. The largest absolute Gasteiger partial charge is 0.456 e. The van der Waals surface area contributed by atoms with E-state index in [1.165, 1.54) is 38.9 Å². The van der Waals surface area contributed by atoms with Gasteiger partial charge >= 0.3 is 0 Å². The molecule has 0 saturated heterocycles. The van der Waals surface area contributed by atoms with E-state index in [0.717, 1.165) is 77.3 Å². The first kappa shape index (κ1) is 39.0. The summed E-state index contributed by atoms with van der Waals surface area (Å²) in [5.74, 6) is 1.74. The van der Waals surface area contributed by atoms with Crippen LogP contribution in [0.4, 0.5) is 0 Å². The second-order valence-corrected chi connectivity index (χ2v) is 17.8. The Hall–Kier alpha value is -9.19. The van der Waals surface area contributed by atoms with Crippen LogP contribution >= 0.6 is 0 Å². The summed E-state index contributed by atoms with van der Waals surface area (Å²) in [5, 5.41) is 4.01. The average molecular weight is 882 g/mol. The first-order chi connectivity index (χ1) is 34.2.